The Morgan fingerprint density at radius 2 is 1.82 bits per heavy atom. The van der Waals surface area contributed by atoms with E-state index < -0.39 is 0 Å². The van der Waals surface area contributed by atoms with Crippen molar-refractivity contribution in [2.24, 2.45) is 0 Å². The van der Waals surface area contributed by atoms with Crippen molar-refractivity contribution in [3.63, 3.8) is 0 Å². The first kappa shape index (κ1) is 19.6. The summed E-state index contributed by atoms with van der Waals surface area (Å²) in [5, 5.41) is 14.5. The highest BCUT2D eigenvalue weighted by molar-refractivity contribution is 6.33. The van der Waals surface area contributed by atoms with E-state index in [-0.39, 0.29) is 5.91 Å². The van der Waals surface area contributed by atoms with Crippen LogP contribution in [0.4, 0.5) is 5.69 Å². The van der Waals surface area contributed by atoms with Crippen molar-refractivity contribution in [3.8, 4) is 11.3 Å². The van der Waals surface area contributed by atoms with Gasteiger partial charge in [-0.05, 0) is 48.9 Å². The number of anilines is 1. The van der Waals surface area contributed by atoms with Crippen LogP contribution in [0.2, 0.25) is 5.02 Å². The van der Waals surface area contributed by atoms with Gasteiger partial charge >= 0.3 is 0 Å². The van der Waals surface area contributed by atoms with E-state index in [0.29, 0.717) is 22.1 Å². The number of nitrogens with one attached hydrogen (secondary N) is 3. The molecule has 1 amide bonds. The summed E-state index contributed by atoms with van der Waals surface area (Å²) in [5.74, 6) is 0.125. The summed E-state index contributed by atoms with van der Waals surface area (Å²) < 4.78 is 0. The first-order valence-electron chi connectivity index (χ1n) is 9.03. The molecule has 0 unspecified atom stereocenters. The third-order valence-electron chi connectivity index (χ3n) is 4.15. The molecule has 0 aliphatic rings. The summed E-state index contributed by atoms with van der Waals surface area (Å²) in [6, 6.07) is 17.8. The van der Waals surface area contributed by atoms with Crippen LogP contribution in [0.25, 0.3) is 11.3 Å². The smallest absolute Gasteiger partial charge is 0.255 e. The van der Waals surface area contributed by atoms with E-state index in [1.54, 1.807) is 48.7 Å². The van der Waals surface area contributed by atoms with Crippen LogP contribution in [0.1, 0.15) is 29.3 Å². The highest BCUT2D eigenvalue weighted by Crippen LogP contribution is 2.29. The van der Waals surface area contributed by atoms with Gasteiger partial charge in [0.2, 0.25) is 0 Å². The molecule has 0 saturated heterocycles. The fourth-order valence-corrected chi connectivity index (χ4v) is 2.88. The summed E-state index contributed by atoms with van der Waals surface area (Å²) in [6.45, 7) is 2.79. The number of amides is 1. The van der Waals surface area contributed by atoms with Crippen LogP contribution >= 0.6 is 11.6 Å². The SMILES string of the molecule is CCCNC(=N)c1ccc(C(=O)Nc2ccc(Cl)c(-c3ccccn3)c2)cc1. The van der Waals surface area contributed by atoms with E-state index in [4.69, 9.17) is 17.0 Å². The third-order valence-corrected chi connectivity index (χ3v) is 4.48. The van der Waals surface area contributed by atoms with Crippen LogP contribution in [0, 0.1) is 5.41 Å². The minimum atomic E-state index is -0.228. The number of nitrogens with zero attached hydrogens (tertiary/aromatic N) is 1. The lowest BCUT2D eigenvalue weighted by atomic mass is 10.1. The van der Waals surface area contributed by atoms with Crippen molar-refractivity contribution < 1.29 is 4.79 Å². The van der Waals surface area contributed by atoms with E-state index in [9.17, 15) is 4.79 Å². The van der Waals surface area contributed by atoms with E-state index in [1.165, 1.54) is 0 Å². The van der Waals surface area contributed by atoms with Crippen molar-refractivity contribution in [2.75, 3.05) is 11.9 Å². The van der Waals surface area contributed by atoms with Crippen LogP contribution in [0.5, 0.6) is 0 Å². The summed E-state index contributed by atoms with van der Waals surface area (Å²) in [5.41, 5.74) is 3.39. The molecule has 0 bridgehead atoms. The van der Waals surface area contributed by atoms with Crippen LogP contribution in [-0.2, 0) is 0 Å². The number of rotatable bonds is 6. The number of carbonyl (C=O) groups excluding carboxylic acids is 1. The lowest BCUT2D eigenvalue weighted by molar-refractivity contribution is 0.102. The predicted molar refractivity (Wildman–Crippen MR) is 114 cm³/mol. The molecular formula is C22H21ClN4O. The van der Waals surface area contributed by atoms with Crippen LogP contribution in [0.3, 0.4) is 0 Å². The predicted octanol–water partition coefficient (Wildman–Crippen LogP) is 4.98. The first-order chi connectivity index (χ1) is 13.6. The maximum atomic E-state index is 12.6. The van der Waals surface area contributed by atoms with Gasteiger partial charge in [0.1, 0.15) is 5.84 Å². The average Bonchev–Trinajstić information content (AvgIpc) is 2.74. The van der Waals surface area contributed by atoms with Gasteiger partial charge in [0, 0.05) is 35.1 Å². The topological polar surface area (TPSA) is 77.9 Å². The van der Waals surface area contributed by atoms with E-state index in [2.05, 4.69) is 15.6 Å². The van der Waals surface area contributed by atoms with Gasteiger partial charge in [0.25, 0.3) is 5.91 Å². The van der Waals surface area contributed by atoms with Crippen molar-refractivity contribution in [2.45, 2.75) is 13.3 Å². The van der Waals surface area contributed by atoms with Crippen molar-refractivity contribution in [3.05, 3.63) is 83.0 Å². The normalized spacial score (nSPS) is 10.4. The van der Waals surface area contributed by atoms with Gasteiger partial charge in [0.05, 0.1) is 10.7 Å². The second kappa shape index (κ2) is 9.15. The minimum Gasteiger partial charge on any atom is -0.370 e. The standard InChI is InChI=1S/C22H21ClN4O/c1-2-12-26-21(24)15-6-8-16(9-7-15)22(28)27-17-10-11-19(23)18(14-17)20-5-3-4-13-25-20/h3-11,13-14H,2,12H2,1H3,(H2,24,26)(H,27,28). The van der Waals surface area contributed by atoms with Crippen molar-refractivity contribution in [1.82, 2.24) is 10.3 Å². The first-order valence-corrected chi connectivity index (χ1v) is 9.41. The van der Waals surface area contributed by atoms with Crippen LogP contribution in [-0.4, -0.2) is 23.3 Å². The number of carbonyl (C=O) groups is 1. The van der Waals surface area contributed by atoms with E-state index in [0.717, 1.165) is 29.8 Å². The van der Waals surface area contributed by atoms with Crippen molar-refractivity contribution >= 4 is 29.0 Å². The minimum absolute atomic E-state index is 0.228. The van der Waals surface area contributed by atoms with E-state index >= 15 is 0 Å². The van der Waals surface area contributed by atoms with E-state index in [1.807, 2.05) is 25.1 Å². The number of aromatic nitrogens is 1. The molecule has 0 fully saturated rings. The summed E-state index contributed by atoms with van der Waals surface area (Å²) in [4.78, 5) is 16.9. The molecule has 2 aromatic carbocycles. The quantitative estimate of drug-likeness (QED) is 0.409. The molecule has 0 atom stereocenters. The second-order valence-electron chi connectivity index (χ2n) is 6.24. The Morgan fingerprint density at radius 3 is 2.50 bits per heavy atom. The fraction of sp³-hybridized carbons (Fsp3) is 0.136. The molecule has 0 spiro atoms. The third kappa shape index (κ3) is 4.75. The Morgan fingerprint density at radius 1 is 1.07 bits per heavy atom. The van der Waals surface area contributed by atoms with Gasteiger partial charge < -0.3 is 10.6 Å². The lowest BCUT2D eigenvalue weighted by Gasteiger charge is -2.10. The zero-order valence-corrected chi connectivity index (χ0v) is 16.3. The molecule has 1 aromatic heterocycles. The molecule has 142 valence electrons. The van der Waals surface area contributed by atoms with Crippen LogP contribution < -0.4 is 10.6 Å². The number of hydrogen-bond donors (Lipinski definition) is 3. The summed E-state index contributed by atoms with van der Waals surface area (Å²) >= 11 is 6.29. The fourth-order valence-electron chi connectivity index (χ4n) is 2.66. The van der Waals surface area contributed by atoms with Gasteiger partial charge in [-0.25, -0.2) is 0 Å². The van der Waals surface area contributed by atoms with Gasteiger partial charge in [-0.3, -0.25) is 15.2 Å². The van der Waals surface area contributed by atoms with Gasteiger partial charge in [-0.1, -0.05) is 36.7 Å². The molecule has 5 nitrogen and oxygen atoms in total. The summed E-state index contributed by atoms with van der Waals surface area (Å²) in [7, 11) is 0. The van der Waals surface area contributed by atoms with Gasteiger partial charge in [-0.2, -0.15) is 0 Å². The number of amidine groups is 1. The second-order valence-corrected chi connectivity index (χ2v) is 6.65. The number of pyridine rings is 1. The molecule has 0 radical (unpaired) electrons. The number of benzene rings is 2. The van der Waals surface area contributed by atoms with Crippen LogP contribution in [0.15, 0.2) is 66.9 Å². The Balaban J connectivity index is 1.74. The van der Waals surface area contributed by atoms with Gasteiger partial charge in [0.15, 0.2) is 0 Å². The monoisotopic (exact) mass is 392 g/mol. The Kier molecular flexibility index (Phi) is 6.40. The molecule has 28 heavy (non-hydrogen) atoms. The maximum Gasteiger partial charge on any atom is 0.255 e. The zero-order valence-electron chi connectivity index (χ0n) is 15.5. The molecule has 0 aliphatic carbocycles. The molecule has 6 heteroatoms. The Hall–Kier alpha value is -3.18. The maximum absolute atomic E-state index is 12.6. The zero-order chi connectivity index (χ0) is 19.9. The van der Waals surface area contributed by atoms with Crippen molar-refractivity contribution in [1.29, 1.82) is 5.41 Å². The molecule has 0 saturated carbocycles. The van der Waals surface area contributed by atoms with Gasteiger partial charge in [-0.15, -0.1) is 0 Å². The molecule has 3 aromatic rings. The highest BCUT2D eigenvalue weighted by Gasteiger charge is 2.10. The average molecular weight is 393 g/mol. The Bertz CT molecular complexity index is 972. The molecule has 3 rings (SSSR count). The summed E-state index contributed by atoms with van der Waals surface area (Å²) in [6.07, 6.45) is 2.65. The lowest BCUT2D eigenvalue weighted by Crippen LogP contribution is -2.24. The highest BCUT2D eigenvalue weighted by atomic mass is 35.5. The largest absolute Gasteiger partial charge is 0.370 e. The molecule has 1 heterocycles. The number of halogens is 1. The molecular weight excluding hydrogens is 372 g/mol. The Labute approximate surface area is 169 Å². The molecule has 3 N–H and O–H groups in total. The number of hydrogen-bond acceptors (Lipinski definition) is 3. The molecule has 0 aliphatic heterocycles.